The van der Waals surface area contributed by atoms with Crippen molar-refractivity contribution in [1.29, 1.82) is 0 Å². The Labute approximate surface area is 90.2 Å². The maximum Gasteiger partial charge on any atom is 0.128 e. The zero-order valence-corrected chi connectivity index (χ0v) is 9.41. The summed E-state index contributed by atoms with van der Waals surface area (Å²) in [5, 5.41) is 0. The van der Waals surface area contributed by atoms with E-state index in [1.54, 1.807) is 7.11 Å². The fraction of sp³-hybridized carbons (Fsp3) is 0.500. The van der Waals surface area contributed by atoms with Gasteiger partial charge in [-0.1, -0.05) is 6.07 Å². The molecule has 0 saturated heterocycles. The molecule has 82 valence electrons. The molecule has 1 aliphatic rings. The number of ether oxygens (including phenoxy) is 2. The molecule has 1 atom stereocenters. The molecule has 0 aliphatic carbocycles. The van der Waals surface area contributed by atoms with Crippen LogP contribution >= 0.6 is 0 Å². The second kappa shape index (κ2) is 3.42. The van der Waals surface area contributed by atoms with E-state index in [1.807, 2.05) is 18.2 Å². The molecule has 1 aromatic carbocycles. The SMILES string of the molecule is COc1ccc2c(c1)OC(C)(C)C[C@@H]2N. The van der Waals surface area contributed by atoms with E-state index in [9.17, 15) is 0 Å². The molecule has 1 aliphatic heterocycles. The van der Waals surface area contributed by atoms with Gasteiger partial charge in [0, 0.05) is 24.1 Å². The van der Waals surface area contributed by atoms with Crippen LogP contribution in [0.1, 0.15) is 31.9 Å². The van der Waals surface area contributed by atoms with Crippen LogP contribution in [-0.4, -0.2) is 12.7 Å². The van der Waals surface area contributed by atoms with Gasteiger partial charge in [0.25, 0.3) is 0 Å². The minimum Gasteiger partial charge on any atom is -0.497 e. The highest BCUT2D eigenvalue weighted by molar-refractivity contribution is 5.44. The average Bonchev–Trinajstić information content (AvgIpc) is 2.14. The summed E-state index contributed by atoms with van der Waals surface area (Å²) in [4.78, 5) is 0. The van der Waals surface area contributed by atoms with Gasteiger partial charge in [0.1, 0.15) is 17.1 Å². The topological polar surface area (TPSA) is 44.5 Å². The number of hydrogen-bond acceptors (Lipinski definition) is 3. The maximum absolute atomic E-state index is 6.09. The standard InChI is InChI=1S/C12H17NO2/c1-12(2)7-10(13)9-5-4-8(14-3)6-11(9)15-12/h4-6,10H,7,13H2,1-3H3/t10-/m0/s1. The molecule has 1 heterocycles. The summed E-state index contributed by atoms with van der Waals surface area (Å²) in [6, 6.07) is 5.85. The van der Waals surface area contributed by atoms with Gasteiger partial charge in [-0.25, -0.2) is 0 Å². The van der Waals surface area contributed by atoms with E-state index >= 15 is 0 Å². The summed E-state index contributed by atoms with van der Waals surface area (Å²) in [6.07, 6.45) is 0.840. The number of benzene rings is 1. The molecular formula is C12H17NO2. The molecule has 0 radical (unpaired) electrons. The minimum absolute atomic E-state index is 0.0506. The molecule has 0 fully saturated rings. The molecular weight excluding hydrogens is 190 g/mol. The van der Waals surface area contributed by atoms with Crippen molar-refractivity contribution >= 4 is 0 Å². The van der Waals surface area contributed by atoms with Crippen molar-refractivity contribution in [3.8, 4) is 11.5 Å². The monoisotopic (exact) mass is 207 g/mol. The quantitative estimate of drug-likeness (QED) is 0.768. The summed E-state index contributed by atoms with van der Waals surface area (Å²) in [6.45, 7) is 4.10. The highest BCUT2D eigenvalue weighted by atomic mass is 16.5. The third-order valence-electron chi connectivity index (χ3n) is 2.72. The normalized spacial score (nSPS) is 22.8. The molecule has 0 amide bonds. The van der Waals surface area contributed by atoms with Crippen LogP contribution in [0.4, 0.5) is 0 Å². The molecule has 0 aromatic heterocycles. The van der Waals surface area contributed by atoms with Gasteiger partial charge < -0.3 is 15.2 Å². The summed E-state index contributed by atoms with van der Waals surface area (Å²) < 4.78 is 11.0. The predicted molar refractivity (Wildman–Crippen MR) is 59.2 cm³/mol. The zero-order chi connectivity index (χ0) is 11.1. The van der Waals surface area contributed by atoms with Gasteiger partial charge in [0.05, 0.1) is 7.11 Å². The van der Waals surface area contributed by atoms with Crippen LogP contribution in [0.2, 0.25) is 0 Å². The van der Waals surface area contributed by atoms with Crippen molar-refractivity contribution < 1.29 is 9.47 Å². The van der Waals surface area contributed by atoms with E-state index in [0.29, 0.717) is 0 Å². The Bertz CT molecular complexity index is 374. The number of fused-ring (bicyclic) bond motifs is 1. The van der Waals surface area contributed by atoms with E-state index < -0.39 is 0 Å². The summed E-state index contributed by atoms with van der Waals surface area (Å²) in [7, 11) is 1.65. The minimum atomic E-state index is -0.196. The Morgan fingerprint density at radius 2 is 2.20 bits per heavy atom. The number of methoxy groups -OCH3 is 1. The van der Waals surface area contributed by atoms with Crippen molar-refractivity contribution in [1.82, 2.24) is 0 Å². The first-order valence-electron chi connectivity index (χ1n) is 5.14. The Hall–Kier alpha value is -1.22. The molecule has 0 spiro atoms. The third kappa shape index (κ3) is 1.92. The fourth-order valence-corrected chi connectivity index (χ4v) is 2.02. The lowest BCUT2D eigenvalue weighted by molar-refractivity contribution is 0.0725. The number of hydrogen-bond donors (Lipinski definition) is 1. The van der Waals surface area contributed by atoms with Gasteiger partial charge in [0.2, 0.25) is 0 Å². The second-order valence-corrected chi connectivity index (χ2v) is 4.58. The molecule has 15 heavy (non-hydrogen) atoms. The lowest BCUT2D eigenvalue weighted by Gasteiger charge is -2.36. The smallest absolute Gasteiger partial charge is 0.128 e. The van der Waals surface area contributed by atoms with Gasteiger partial charge >= 0.3 is 0 Å². The van der Waals surface area contributed by atoms with Gasteiger partial charge in [-0.05, 0) is 19.9 Å². The van der Waals surface area contributed by atoms with Crippen LogP contribution in [0.3, 0.4) is 0 Å². The zero-order valence-electron chi connectivity index (χ0n) is 9.41. The first-order valence-corrected chi connectivity index (χ1v) is 5.14. The van der Waals surface area contributed by atoms with E-state index in [2.05, 4.69) is 13.8 Å². The molecule has 3 heteroatoms. The predicted octanol–water partition coefficient (Wildman–Crippen LogP) is 2.26. The highest BCUT2D eigenvalue weighted by Crippen LogP contribution is 2.39. The van der Waals surface area contributed by atoms with Crippen LogP contribution in [-0.2, 0) is 0 Å². The first kappa shape index (κ1) is 10.3. The van der Waals surface area contributed by atoms with E-state index in [-0.39, 0.29) is 11.6 Å². The van der Waals surface area contributed by atoms with E-state index in [0.717, 1.165) is 23.5 Å². The van der Waals surface area contributed by atoms with Gasteiger partial charge in [0.15, 0.2) is 0 Å². The van der Waals surface area contributed by atoms with Crippen molar-refractivity contribution in [2.24, 2.45) is 5.73 Å². The molecule has 0 unspecified atom stereocenters. The first-order chi connectivity index (χ1) is 7.02. The third-order valence-corrected chi connectivity index (χ3v) is 2.72. The van der Waals surface area contributed by atoms with Crippen molar-refractivity contribution in [2.75, 3.05) is 7.11 Å². The Balaban J connectivity index is 2.42. The van der Waals surface area contributed by atoms with Gasteiger partial charge in [-0.15, -0.1) is 0 Å². The Morgan fingerprint density at radius 1 is 1.47 bits per heavy atom. The molecule has 2 rings (SSSR count). The maximum atomic E-state index is 6.09. The van der Waals surface area contributed by atoms with Crippen molar-refractivity contribution in [3.05, 3.63) is 23.8 Å². The van der Waals surface area contributed by atoms with E-state index in [1.165, 1.54) is 0 Å². The molecule has 0 bridgehead atoms. The molecule has 0 saturated carbocycles. The Kier molecular flexibility index (Phi) is 2.35. The summed E-state index contributed by atoms with van der Waals surface area (Å²) in [5.74, 6) is 1.65. The van der Waals surface area contributed by atoms with Crippen molar-refractivity contribution in [2.45, 2.75) is 31.9 Å². The Morgan fingerprint density at radius 3 is 2.87 bits per heavy atom. The number of rotatable bonds is 1. The molecule has 2 N–H and O–H groups in total. The van der Waals surface area contributed by atoms with Gasteiger partial charge in [-0.3, -0.25) is 0 Å². The van der Waals surface area contributed by atoms with Crippen molar-refractivity contribution in [3.63, 3.8) is 0 Å². The summed E-state index contributed by atoms with van der Waals surface area (Å²) >= 11 is 0. The van der Waals surface area contributed by atoms with Crippen LogP contribution < -0.4 is 15.2 Å². The largest absolute Gasteiger partial charge is 0.497 e. The number of nitrogens with two attached hydrogens (primary N) is 1. The fourth-order valence-electron chi connectivity index (χ4n) is 2.02. The average molecular weight is 207 g/mol. The van der Waals surface area contributed by atoms with E-state index in [4.69, 9.17) is 15.2 Å². The summed E-state index contributed by atoms with van der Waals surface area (Å²) in [5.41, 5.74) is 6.96. The van der Waals surface area contributed by atoms with Crippen LogP contribution in [0.25, 0.3) is 0 Å². The molecule has 1 aromatic rings. The lowest BCUT2D eigenvalue weighted by Crippen LogP contribution is -2.37. The van der Waals surface area contributed by atoms with Crippen LogP contribution in [0.5, 0.6) is 11.5 Å². The lowest BCUT2D eigenvalue weighted by atomic mass is 9.90. The second-order valence-electron chi connectivity index (χ2n) is 4.58. The highest BCUT2D eigenvalue weighted by Gasteiger charge is 2.31. The van der Waals surface area contributed by atoms with Crippen LogP contribution in [0, 0.1) is 0 Å². The van der Waals surface area contributed by atoms with Gasteiger partial charge in [-0.2, -0.15) is 0 Å². The van der Waals surface area contributed by atoms with Crippen LogP contribution in [0.15, 0.2) is 18.2 Å². The molecule has 3 nitrogen and oxygen atoms in total.